The highest BCUT2D eigenvalue weighted by molar-refractivity contribution is 6.08. The van der Waals surface area contributed by atoms with Gasteiger partial charge in [0.1, 0.15) is 12.1 Å². The number of hydrogen-bond donors (Lipinski definition) is 3. The van der Waals surface area contributed by atoms with E-state index in [0.29, 0.717) is 16.2 Å². The molecular weight excluding hydrogens is 250 g/mol. The van der Waals surface area contributed by atoms with Gasteiger partial charge in [-0.15, -0.1) is 0 Å². The second-order valence-corrected chi connectivity index (χ2v) is 4.46. The Kier molecular flexibility index (Phi) is 2.89. The van der Waals surface area contributed by atoms with E-state index in [0.717, 1.165) is 0 Å². The smallest absolute Gasteiger partial charge is 0.325 e. The van der Waals surface area contributed by atoms with Gasteiger partial charge < -0.3 is 16.2 Å². The van der Waals surface area contributed by atoms with Gasteiger partial charge in [-0.25, -0.2) is 4.79 Å². The van der Waals surface area contributed by atoms with Crippen molar-refractivity contribution in [2.75, 3.05) is 12.3 Å². The molecule has 1 aromatic rings. The topological polar surface area (TPSA) is 113 Å². The van der Waals surface area contributed by atoms with Crippen LogP contribution in [0.25, 0.3) is 0 Å². The molecule has 2 rings (SSSR count). The molecule has 1 aliphatic heterocycles. The maximum absolute atomic E-state index is 12.2. The molecule has 100 valence electrons. The molecular formula is C12H13N3O4. The molecule has 1 unspecified atom stereocenters. The summed E-state index contributed by atoms with van der Waals surface area (Å²) >= 11 is 0. The van der Waals surface area contributed by atoms with Gasteiger partial charge in [-0.05, 0) is 24.6 Å². The molecule has 1 fully saturated rings. The van der Waals surface area contributed by atoms with E-state index in [1.807, 2.05) is 0 Å². The fraction of sp³-hybridized carbons (Fsp3) is 0.250. The van der Waals surface area contributed by atoms with Crippen LogP contribution in [0.3, 0.4) is 0 Å². The Hall–Kier alpha value is -2.57. The van der Waals surface area contributed by atoms with Crippen molar-refractivity contribution >= 4 is 23.6 Å². The Bertz CT molecular complexity index is 555. The molecule has 3 amide bonds. The minimum atomic E-state index is -1.26. The fourth-order valence-corrected chi connectivity index (χ4v) is 1.99. The lowest BCUT2D eigenvalue weighted by Gasteiger charge is -2.22. The van der Waals surface area contributed by atoms with Gasteiger partial charge in [0.2, 0.25) is 0 Å². The highest BCUT2D eigenvalue weighted by atomic mass is 16.4. The second-order valence-electron chi connectivity index (χ2n) is 4.46. The van der Waals surface area contributed by atoms with Crippen LogP contribution in [0.2, 0.25) is 0 Å². The van der Waals surface area contributed by atoms with Crippen molar-refractivity contribution in [2.45, 2.75) is 12.5 Å². The predicted molar refractivity (Wildman–Crippen MR) is 66.1 cm³/mol. The van der Waals surface area contributed by atoms with E-state index in [-0.39, 0.29) is 0 Å². The van der Waals surface area contributed by atoms with Gasteiger partial charge in [0.25, 0.3) is 5.91 Å². The quantitative estimate of drug-likeness (QED) is 0.529. The Labute approximate surface area is 109 Å². The maximum atomic E-state index is 12.2. The molecule has 1 aliphatic rings. The van der Waals surface area contributed by atoms with Crippen LogP contribution in [0.15, 0.2) is 24.3 Å². The van der Waals surface area contributed by atoms with Crippen molar-refractivity contribution in [2.24, 2.45) is 0 Å². The van der Waals surface area contributed by atoms with Crippen LogP contribution in [0.1, 0.15) is 12.5 Å². The molecule has 7 nitrogen and oxygen atoms in total. The number of urea groups is 1. The van der Waals surface area contributed by atoms with Crippen LogP contribution in [0, 0.1) is 0 Å². The molecule has 0 radical (unpaired) electrons. The lowest BCUT2D eigenvalue weighted by molar-refractivity contribution is -0.142. The van der Waals surface area contributed by atoms with Crippen LogP contribution in [-0.2, 0) is 15.1 Å². The molecule has 0 aromatic heterocycles. The van der Waals surface area contributed by atoms with Crippen molar-refractivity contribution in [1.82, 2.24) is 10.2 Å². The van der Waals surface area contributed by atoms with Gasteiger partial charge in [-0.3, -0.25) is 14.5 Å². The molecule has 1 saturated heterocycles. The van der Waals surface area contributed by atoms with Crippen molar-refractivity contribution in [3.05, 3.63) is 29.8 Å². The number of imide groups is 1. The fourth-order valence-electron chi connectivity index (χ4n) is 1.99. The first-order chi connectivity index (χ1) is 8.84. The van der Waals surface area contributed by atoms with E-state index >= 15 is 0 Å². The van der Waals surface area contributed by atoms with E-state index in [1.165, 1.54) is 6.92 Å². The van der Waals surface area contributed by atoms with E-state index in [2.05, 4.69) is 5.32 Å². The van der Waals surface area contributed by atoms with E-state index in [1.54, 1.807) is 24.3 Å². The Morgan fingerprint density at radius 1 is 1.37 bits per heavy atom. The number of nitrogens with two attached hydrogens (primary N) is 1. The summed E-state index contributed by atoms with van der Waals surface area (Å²) in [5.74, 6) is -1.84. The number of hydrogen-bond acceptors (Lipinski definition) is 4. The minimum Gasteiger partial charge on any atom is -0.480 e. The van der Waals surface area contributed by atoms with Crippen LogP contribution in [-0.4, -0.2) is 34.5 Å². The second kappa shape index (κ2) is 4.27. The molecule has 0 saturated carbocycles. The van der Waals surface area contributed by atoms with Crippen LogP contribution in [0.4, 0.5) is 10.5 Å². The summed E-state index contributed by atoms with van der Waals surface area (Å²) in [4.78, 5) is 35.2. The van der Waals surface area contributed by atoms with E-state index in [9.17, 15) is 14.4 Å². The summed E-state index contributed by atoms with van der Waals surface area (Å²) < 4.78 is 0. The van der Waals surface area contributed by atoms with Crippen molar-refractivity contribution in [3.63, 3.8) is 0 Å². The normalized spacial score (nSPS) is 22.5. The third-order valence-corrected chi connectivity index (χ3v) is 3.06. The summed E-state index contributed by atoms with van der Waals surface area (Å²) in [5.41, 5.74) is 5.38. The SMILES string of the molecule is CC1(c2ccc(N)cc2)NC(=O)N(CC(=O)O)C1=O. The van der Waals surface area contributed by atoms with Gasteiger partial charge in [0.05, 0.1) is 0 Å². The standard InChI is InChI=1S/C12H13N3O4/c1-12(7-2-4-8(13)5-3-7)10(18)15(6-9(16)17)11(19)14-12/h2-5H,6,13H2,1H3,(H,14,19)(H,16,17). The summed E-state index contributed by atoms with van der Waals surface area (Å²) in [7, 11) is 0. The summed E-state index contributed by atoms with van der Waals surface area (Å²) in [5, 5.41) is 11.2. The number of rotatable bonds is 3. The number of carboxylic acid groups (broad SMARTS) is 1. The number of nitrogen functional groups attached to an aromatic ring is 1. The molecule has 0 aliphatic carbocycles. The predicted octanol–water partition coefficient (Wildman–Crippen LogP) is 0.120. The highest BCUT2D eigenvalue weighted by Gasteiger charge is 2.49. The number of anilines is 1. The Balaban J connectivity index is 2.35. The third-order valence-electron chi connectivity index (χ3n) is 3.06. The van der Waals surface area contributed by atoms with Gasteiger partial charge in [0, 0.05) is 5.69 Å². The maximum Gasteiger partial charge on any atom is 0.325 e. The van der Waals surface area contributed by atoms with Gasteiger partial charge >= 0.3 is 12.0 Å². The zero-order chi connectivity index (χ0) is 14.2. The van der Waals surface area contributed by atoms with Crippen molar-refractivity contribution in [1.29, 1.82) is 0 Å². The number of nitrogens with zero attached hydrogens (tertiary/aromatic N) is 1. The molecule has 1 aromatic carbocycles. The van der Waals surface area contributed by atoms with Gasteiger partial charge in [0.15, 0.2) is 0 Å². The number of carbonyl (C=O) groups excluding carboxylic acids is 2. The Morgan fingerprint density at radius 3 is 2.47 bits per heavy atom. The van der Waals surface area contributed by atoms with Crippen LogP contribution < -0.4 is 11.1 Å². The average Bonchev–Trinajstić information content (AvgIpc) is 2.54. The largest absolute Gasteiger partial charge is 0.480 e. The van der Waals surface area contributed by atoms with Gasteiger partial charge in [-0.2, -0.15) is 0 Å². The average molecular weight is 263 g/mol. The first-order valence-corrected chi connectivity index (χ1v) is 5.56. The number of nitrogens with one attached hydrogen (secondary N) is 1. The van der Waals surface area contributed by atoms with Crippen molar-refractivity contribution in [3.8, 4) is 0 Å². The van der Waals surface area contributed by atoms with Gasteiger partial charge in [-0.1, -0.05) is 12.1 Å². The molecule has 0 bridgehead atoms. The molecule has 19 heavy (non-hydrogen) atoms. The van der Waals surface area contributed by atoms with Crippen LogP contribution in [0.5, 0.6) is 0 Å². The zero-order valence-corrected chi connectivity index (χ0v) is 10.2. The lowest BCUT2D eigenvalue weighted by atomic mass is 9.92. The molecule has 0 spiro atoms. The highest BCUT2D eigenvalue weighted by Crippen LogP contribution is 2.29. The number of amides is 3. The number of aliphatic carboxylic acids is 1. The van der Waals surface area contributed by atoms with Crippen LogP contribution >= 0.6 is 0 Å². The first-order valence-electron chi connectivity index (χ1n) is 5.56. The molecule has 1 heterocycles. The zero-order valence-electron chi connectivity index (χ0n) is 10.2. The molecule has 7 heteroatoms. The number of benzene rings is 1. The van der Waals surface area contributed by atoms with E-state index < -0.39 is 30.0 Å². The third kappa shape index (κ3) is 2.10. The first kappa shape index (κ1) is 12.9. The Morgan fingerprint density at radius 2 is 1.95 bits per heavy atom. The number of carbonyl (C=O) groups is 3. The minimum absolute atomic E-state index is 0.534. The van der Waals surface area contributed by atoms with E-state index in [4.69, 9.17) is 10.8 Å². The number of carboxylic acids is 1. The van der Waals surface area contributed by atoms with Crippen molar-refractivity contribution < 1.29 is 19.5 Å². The molecule has 1 atom stereocenters. The summed E-state index contributed by atoms with van der Waals surface area (Å²) in [6.45, 7) is 0.871. The monoisotopic (exact) mass is 263 g/mol. The molecule has 4 N–H and O–H groups in total. The summed E-state index contributed by atoms with van der Waals surface area (Å²) in [6.07, 6.45) is 0. The summed E-state index contributed by atoms with van der Waals surface area (Å²) in [6, 6.07) is 5.75. The lowest BCUT2D eigenvalue weighted by Crippen LogP contribution is -2.41.